The predicted molar refractivity (Wildman–Crippen MR) is 298 cm³/mol. The third kappa shape index (κ3) is 9.18. The molecule has 354 valence electrons. The fourth-order valence-corrected chi connectivity index (χ4v) is 9.59. The number of aryl methyl sites for hydroxylation is 1. The molecule has 0 atom stereocenters. The molecule has 0 radical (unpaired) electrons. The van der Waals surface area contributed by atoms with Crippen LogP contribution in [0.3, 0.4) is 0 Å². The average Bonchev–Trinajstić information content (AvgIpc) is 4.38. The van der Waals surface area contributed by atoms with E-state index in [1.807, 2.05) is 127 Å². The van der Waals surface area contributed by atoms with Crippen LogP contribution in [-0.2, 0) is 20.1 Å². The normalized spacial score (nSPS) is 13.4. The fourth-order valence-electron chi connectivity index (χ4n) is 9.59. The number of para-hydroxylation sites is 2. The van der Waals surface area contributed by atoms with Gasteiger partial charge >= 0.3 is 20.1 Å². The molecule has 0 bridgehead atoms. The van der Waals surface area contributed by atoms with Gasteiger partial charge in [-0.15, -0.1) is 47.5 Å². The van der Waals surface area contributed by atoms with Gasteiger partial charge < -0.3 is 4.98 Å². The third-order valence-corrected chi connectivity index (χ3v) is 13.2. The van der Waals surface area contributed by atoms with Gasteiger partial charge in [0.2, 0.25) is 0 Å². The molecule has 6 heteroatoms. The summed E-state index contributed by atoms with van der Waals surface area (Å²) in [7, 11) is 0. The molecule has 0 spiro atoms. The molecule has 74 heavy (non-hydrogen) atoms. The Labute approximate surface area is 459 Å². The second-order valence-corrected chi connectivity index (χ2v) is 17.6. The quantitative estimate of drug-likeness (QED) is 0.121. The summed E-state index contributed by atoms with van der Waals surface area (Å²) in [5, 5.41) is 9.27. The Morgan fingerprint density at radius 3 is 1.30 bits per heavy atom. The van der Waals surface area contributed by atoms with E-state index in [1.165, 1.54) is 9.36 Å². The van der Waals surface area contributed by atoms with Gasteiger partial charge in [-0.05, 0) is 128 Å². The summed E-state index contributed by atoms with van der Waals surface area (Å²) >= 11 is 0. The zero-order valence-corrected chi connectivity index (χ0v) is 42.0. The van der Waals surface area contributed by atoms with Gasteiger partial charge in [-0.3, -0.25) is 9.36 Å². The van der Waals surface area contributed by atoms with Crippen molar-refractivity contribution in [3.8, 4) is 112 Å². The van der Waals surface area contributed by atoms with Crippen LogP contribution in [-0.4, -0.2) is 24.5 Å². The average molecular weight is 1140 g/mol. The monoisotopic (exact) mass is 1140 g/mol. The largest absolute Gasteiger partial charge is 3.00 e. The van der Waals surface area contributed by atoms with E-state index in [-0.39, 0.29) is 37.1 Å². The molecule has 0 amide bonds. The molecule has 12 aromatic rings. The first-order valence-electron chi connectivity index (χ1n) is 28.3. The molecular formula is C68H48IrN5. The first kappa shape index (κ1) is 37.9. The standard InChI is InChI=1S/C68H48N5.Ir/c1-46-38-68(53-23-19-22-52(39-53)51-36-34-50(35-37-51)49-20-7-4-8-21-49)69-43-65(46)62-31-16-13-28-59(62)54-40-55(60-29-14-17-32-63(60)66-44-70-72(47(66)2)57-24-9-5-10-25-57)42-56(41-54)61-30-15-18-33-64(61)67-45-71-73(48(67)3)58-26-11-6-12-27-58;/h4-22,24,26,28-45H,1-3H3;/q-3;+3/i1D3,2D3,3D3;. The number of pyridine rings is 1. The fraction of sp³-hybridized carbons (Fsp3) is 0.0441. The minimum absolute atomic E-state index is 0. The zero-order chi connectivity index (χ0) is 56.8. The Hall–Kier alpha value is -8.80. The van der Waals surface area contributed by atoms with Crippen LogP contribution in [0.1, 0.15) is 29.3 Å². The summed E-state index contributed by atoms with van der Waals surface area (Å²) in [5.41, 5.74) is 13.3. The third-order valence-electron chi connectivity index (χ3n) is 13.2. The van der Waals surface area contributed by atoms with Crippen molar-refractivity contribution in [2.45, 2.75) is 20.6 Å². The molecule has 0 saturated heterocycles. The van der Waals surface area contributed by atoms with Gasteiger partial charge in [0.1, 0.15) is 0 Å². The van der Waals surface area contributed by atoms with E-state index in [0.717, 1.165) is 22.3 Å². The van der Waals surface area contributed by atoms with Gasteiger partial charge in [0.25, 0.3) is 0 Å². The smallest absolute Gasteiger partial charge is 0.304 e. The summed E-state index contributed by atoms with van der Waals surface area (Å²) in [6.07, 6.45) is 4.76. The molecule has 5 nitrogen and oxygen atoms in total. The van der Waals surface area contributed by atoms with E-state index < -0.39 is 20.6 Å². The van der Waals surface area contributed by atoms with Crippen LogP contribution in [0.5, 0.6) is 0 Å². The number of aromatic nitrogens is 5. The maximum absolute atomic E-state index is 9.00. The van der Waals surface area contributed by atoms with Crippen LogP contribution in [0.15, 0.2) is 237 Å². The number of hydrogen-bond acceptors (Lipinski definition) is 3. The van der Waals surface area contributed by atoms with Crippen LogP contribution in [0.25, 0.3) is 112 Å². The van der Waals surface area contributed by atoms with E-state index in [2.05, 4.69) is 64.8 Å². The molecular weight excluding hydrogens is 1080 g/mol. The molecule has 0 unspecified atom stereocenters. The van der Waals surface area contributed by atoms with Gasteiger partial charge in [-0.1, -0.05) is 133 Å². The van der Waals surface area contributed by atoms with Crippen LogP contribution in [0.2, 0.25) is 0 Å². The molecule has 0 saturated carbocycles. The predicted octanol–water partition coefficient (Wildman–Crippen LogP) is 16.8. The Bertz CT molecular complexity index is 4130. The second-order valence-electron chi connectivity index (χ2n) is 17.6. The number of rotatable bonds is 11. The summed E-state index contributed by atoms with van der Waals surface area (Å²) in [6.45, 7) is -7.79. The molecule has 0 aliphatic rings. The first-order valence-corrected chi connectivity index (χ1v) is 23.8. The summed E-state index contributed by atoms with van der Waals surface area (Å²) in [5.74, 6) is 0. The molecule has 12 rings (SSSR count). The van der Waals surface area contributed by atoms with Crippen LogP contribution < -0.4 is 0 Å². The van der Waals surface area contributed by atoms with E-state index in [0.29, 0.717) is 89.4 Å². The minimum Gasteiger partial charge on any atom is -0.304 e. The number of hydrogen-bond donors (Lipinski definition) is 0. The first-order chi connectivity index (χ1) is 39.6. The van der Waals surface area contributed by atoms with Gasteiger partial charge in [0.15, 0.2) is 0 Å². The Balaban J connectivity index is 0.00000721. The van der Waals surface area contributed by atoms with E-state index in [4.69, 9.17) is 17.3 Å². The van der Waals surface area contributed by atoms with E-state index in [9.17, 15) is 0 Å². The van der Waals surface area contributed by atoms with Crippen molar-refractivity contribution >= 4 is 0 Å². The van der Waals surface area contributed by atoms with Gasteiger partial charge in [-0.25, -0.2) is 0 Å². The van der Waals surface area contributed by atoms with E-state index >= 15 is 0 Å². The maximum atomic E-state index is 9.00. The van der Waals surface area contributed by atoms with Crippen LogP contribution >= 0.6 is 0 Å². The van der Waals surface area contributed by atoms with Crippen molar-refractivity contribution in [1.29, 1.82) is 0 Å². The minimum atomic E-state index is -2.60. The number of benzene rings is 9. The summed E-state index contributed by atoms with van der Waals surface area (Å²) in [6, 6.07) is 78.3. The van der Waals surface area contributed by atoms with Gasteiger partial charge in [-0.2, -0.15) is 58.7 Å². The summed E-state index contributed by atoms with van der Waals surface area (Å²) in [4.78, 5) is 4.95. The second kappa shape index (κ2) is 20.7. The number of nitrogens with zero attached hydrogens (tertiary/aromatic N) is 5. The van der Waals surface area contributed by atoms with Crippen molar-refractivity contribution in [3.05, 3.63) is 272 Å². The van der Waals surface area contributed by atoms with Crippen molar-refractivity contribution in [2.24, 2.45) is 0 Å². The van der Waals surface area contributed by atoms with Crippen LogP contribution in [0, 0.1) is 38.8 Å². The van der Waals surface area contributed by atoms with Crippen molar-refractivity contribution in [2.75, 3.05) is 0 Å². The van der Waals surface area contributed by atoms with Gasteiger partial charge in [0.05, 0.1) is 12.4 Å². The maximum Gasteiger partial charge on any atom is 3.00 e. The Kier molecular flexibility index (Phi) is 10.6. The van der Waals surface area contributed by atoms with E-state index in [1.54, 1.807) is 73.2 Å². The van der Waals surface area contributed by atoms with Gasteiger partial charge in [0, 0.05) is 46.6 Å². The van der Waals surface area contributed by atoms with Crippen molar-refractivity contribution < 1.29 is 32.4 Å². The van der Waals surface area contributed by atoms with Crippen molar-refractivity contribution in [3.63, 3.8) is 0 Å². The van der Waals surface area contributed by atoms with Crippen molar-refractivity contribution in [1.82, 2.24) is 24.5 Å². The Morgan fingerprint density at radius 2 is 0.811 bits per heavy atom. The molecule has 0 fully saturated rings. The molecule has 3 aromatic heterocycles. The molecule has 0 aliphatic carbocycles. The molecule has 0 aliphatic heterocycles. The molecule has 3 heterocycles. The zero-order valence-electron chi connectivity index (χ0n) is 48.6. The summed E-state index contributed by atoms with van der Waals surface area (Å²) < 4.78 is 82.8. The SMILES string of the molecule is [2H]C([2H])([2H])c1cc(-c2[c-]ccc(-c3ccc(-c4ccccc4)cc3)c2)ncc1-c1ccccc1-c1cc(-c2ccccc2-c2cnn(-c3[c-]cccc3)c2C([2H])([2H])[2H])cc(-c2ccccc2-c2cnn(-c3[c-]cccc3)c2C([2H])([2H])[2H])c1.[Ir+3]. The molecule has 9 aromatic carbocycles. The molecule has 0 N–H and O–H groups in total. The topological polar surface area (TPSA) is 48.5 Å². The van der Waals surface area contributed by atoms with Crippen LogP contribution in [0.4, 0.5) is 0 Å². The Morgan fingerprint density at radius 1 is 0.351 bits per heavy atom.